The van der Waals surface area contributed by atoms with E-state index in [-0.39, 0.29) is 22.4 Å². The highest BCUT2D eigenvalue weighted by Gasteiger charge is 2.25. The number of hydrogen-bond donors (Lipinski definition) is 2. The molecule has 2 amide bonds. The molecule has 1 fully saturated rings. The molecular formula is C14H15ClF2N2O3. The van der Waals surface area contributed by atoms with Crippen LogP contribution in [0.2, 0.25) is 5.02 Å². The van der Waals surface area contributed by atoms with E-state index < -0.39 is 25.0 Å². The van der Waals surface area contributed by atoms with Gasteiger partial charge in [0.2, 0.25) is 11.8 Å². The summed E-state index contributed by atoms with van der Waals surface area (Å²) in [5.41, 5.74) is 0.193. The number of amides is 2. The van der Waals surface area contributed by atoms with Gasteiger partial charge < -0.3 is 15.4 Å². The van der Waals surface area contributed by atoms with Crippen molar-refractivity contribution in [1.82, 2.24) is 5.32 Å². The van der Waals surface area contributed by atoms with Gasteiger partial charge in [0, 0.05) is 6.42 Å². The van der Waals surface area contributed by atoms with Gasteiger partial charge in [-0.15, -0.1) is 0 Å². The predicted octanol–water partition coefficient (Wildman–Crippen LogP) is 2.59. The van der Waals surface area contributed by atoms with Crippen molar-refractivity contribution in [2.45, 2.75) is 31.7 Å². The zero-order valence-electron chi connectivity index (χ0n) is 11.6. The summed E-state index contributed by atoms with van der Waals surface area (Å²) >= 11 is 5.91. The van der Waals surface area contributed by atoms with Crippen LogP contribution in [0.4, 0.5) is 14.5 Å². The molecule has 0 radical (unpaired) electrons. The first-order valence-corrected chi connectivity index (χ1v) is 7.15. The molecule has 2 rings (SSSR count). The summed E-state index contributed by atoms with van der Waals surface area (Å²) in [6.07, 6.45) is -1.12. The standard InChI is InChI=1S/C14H15ClF2N2O3/c15-8-3-1-4-9(13(8)22-7-11(16)17)19-14(21)10-5-2-6-12(20)18-10/h1,3-4,10-11H,2,5-7H2,(H,18,20)(H,19,21)/t10-/m1/s1. The highest BCUT2D eigenvalue weighted by atomic mass is 35.5. The number of carbonyl (C=O) groups is 2. The Morgan fingerprint density at radius 3 is 2.95 bits per heavy atom. The lowest BCUT2D eigenvalue weighted by molar-refractivity contribution is -0.128. The molecule has 0 saturated carbocycles. The molecule has 120 valence electrons. The van der Waals surface area contributed by atoms with E-state index in [4.69, 9.17) is 16.3 Å². The van der Waals surface area contributed by atoms with E-state index in [1.165, 1.54) is 12.1 Å². The van der Waals surface area contributed by atoms with Crippen molar-refractivity contribution in [3.8, 4) is 5.75 Å². The van der Waals surface area contributed by atoms with E-state index in [9.17, 15) is 18.4 Å². The largest absolute Gasteiger partial charge is 0.484 e. The van der Waals surface area contributed by atoms with Gasteiger partial charge in [-0.3, -0.25) is 9.59 Å². The van der Waals surface area contributed by atoms with Crippen molar-refractivity contribution in [2.75, 3.05) is 11.9 Å². The van der Waals surface area contributed by atoms with Crippen LogP contribution in [0.3, 0.4) is 0 Å². The Hall–Kier alpha value is -1.89. The van der Waals surface area contributed by atoms with Gasteiger partial charge in [0.15, 0.2) is 5.75 Å². The second-order valence-electron chi connectivity index (χ2n) is 4.82. The van der Waals surface area contributed by atoms with E-state index in [2.05, 4.69) is 10.6 Å². The molecule has 22 heavy (non-hydrogen) atoms. The maximum Gasteiger partial charge on any atom is 0.272 e. The van der Waals surface area contributed by atoms with Crippen LogP contribution in [0.15, 0.2) is 18.2 Å². The third-order valence-corrected chi connectivity index (χ3v) is 3.42. The molecule has 1 atom stereocenters. The molecule has 1 aromatic carbocycles. The molecule has 0 aromatic heterocycles. The highest BCUT2D eigenvalue weighted by molar-refractivity contribution is 6.32. The van der Waals surface area contributed by atoms with E-state index in [0.717, 1.165) is 0 Å². The molecule has 5 nitrogen and oxygen atoms in total. The summed E-state index contributed by atoms with van der Waals surface area (Å²) in [5, 5.41) is 5.25. The summed E-state index contributed by atoms with van der Waals surface area (Å²) in [5.74, 6) is -0.635. The molecule has 0 unspecified atom stereocenters. The maximum atomic E-state index is 12.3. The van der Waals surface area contributed by atoms with Crippen LogP contribution in [0.25, 0.3) is 0 Å². The van der Waals surface area contributed by atoms with Gasteiger partial charge in [-0.05, 0) is 25.0 Å². The summed E-state index contributed by atoms with van der Waals surface area (Å²) in [7, 11) is 0. The normalized spacial score (nSPS) is 18.0. The number of para-hydroxylation sites is 1. The fraction of sp³-hybridized carbons (Fsp3) is 0.429. The number of carbonyl (C=O) groups excluding carboxylic acids is 2. The van der Waals surface area contributed by atoms with E-state index in [0.29, 0.717) is 19.3 Å². The van der Waals surface area contributed by atoms with E-state index in [1.807, 2.05) is 0 Å². The zero-order valence-corrected chi connectivity index (χ0v) is 12.3. The average molecular weight is 333 g/mol. The third kappa shape index (κ3) is 4.30. The lowest BCUT2D eigenvalue weighted by Gasteiger charge is -2.23. The average Bonchev–Trinajstić information content (AvgIpc) is 2.46. The fourth-order valence-electron chi connectivity index (χ4n) is 2.12. The Kier molecular flexibility index (Phi) is 5.54. The van der Waals surface area contributed by atoms with Crippen LogP contribution in [-0.4, -0.2) is 30.9 Å². The lowest BCUT2D eigenvalue weighted by Crippen LogP contribution is -2.46. The van der Waals surface area contributed by atoms with Gasteiger partial charge >= 0.3 is 0 Å². The summed E-state index contributed by atoms with van der Waals surface area (Å²) in [4.78, 5) is 23.5. The zero-order chi connectivity index (χ0) is 16.1. The number of ether oxygens (including phenoxy) is 1. The van der Waals surface area contributed by atoms with Crippen molar-refractivity contribution < 1.29 is 23.1 Å². The number of piperidine rings is 1. The topological polar surface area (TPSA) is 67.4 Å². The van der Waals surface area contributed by atoms with Crippen LogP contribution < -0.4 is 15.4 Å². The minimum atomic E-state index is -2.66. The Bertz CT molecular complexity index is 569. The minimum absolute atomic E-state index is 0.0139. The highest BCUT2D eigenvalue weighted by Crippen LogP contribution is 2.33. The number of benzene rings is 1. The van der Waals surface area contributed by atoms with Crippen molar-refractivity contribution >= 4 is 29.1 Å². The second-order valence-corrected chi connectivity index (χ2v) is 5.23. The molecule has 1 saturated heterocycles. The lowest BCUT2D eigenvalue weighted by atomic mass is 10.0. The Morgan fingerprint density at radius 1 is 1.50 bits per heavy atom. The molecular weight excluding hydrogens is 318 g/mol. The first-order chi connectivity index (χ1) is 10.5. The Labute approximate surface area is 131 Å². The molecule has 8 heteroatoms. The molecule has 1 aromatic rings. The molecule has 0 spiro atoms. The van der Waals surface area contributed by atoms with Crippen LogP contribution in [0.5, 0.6) is 5.75 Å². The van der Waals surface area contributed by atoms with Gasteiger partial charge in [-0.1, -0.05) is 17.7 Å². The maximum absolute atomic E-state index is 12.3. The molecule has 0 bridgehead atoms. The van der Waals surface area contributed by atoms with Gasteiger partial charge in [-0.2, -0.15) is 0 Å². The summed E-state index contributed by atoms with van der Waals surface area (Å²) in [6.45, 7) is -0.827. The van der Waals surface area contributed by atoms with Crippen LogP contribution in [-0.2, 0) is 9.59 Å². The van der Waals surface area contributed by atoms with Crippen LogP contribution in [0, 0.1) is 0 Å². The Morgan fingerprint density at radius 2 is 2.27 bits per heavy atom. The smallest absolute Gasteiger partial charge is 0.272 e. The number of anilines is 1. The predicted molar refractivity (Wildman–Crippen MR) is 77.4 cm³/mol. The third-order valence-electron chi connectivity index (χ3n) is 3.13. The molecule has 0 aliphatic carbocycles. The van der Waals surface area contributed by atoms with Crippen LogP contribution in [0.1, 0.15) is 19.3 Å². The van der Waals surface area contributed by atoms with Crippen LogP contribution >= 0.6 is 11.6 Å². The van der Waals surface area contributed by atoms with Gasteiger partial charge in [0.05, 0.1) is 10.7 Å². The second kappa shape index (κ2) is 7.40. The minimum Gasteiger partial charge on any atom is -0.484 e. The monoisotopic (exact) mass is 332 g/mol. The molecule has 2 N–H and O–H groups in total. The van der Waals surface area contributed by atoms with Crippen molar-refractivity contribution in [3.63, 3.8) is 0 Å². The first kappa shape index (κ1) is 16.5. The number of rotatable bonds is 5. The number of halogens is 3. The fourth-order valence-corrected chi connectivity index (χ4v) is 2.35. The van der Waals surface area contributed by atoms with Gasteiger partial charge in [0.1, 0.15) is 12.6 Å². The van der Waals surface area contributed by atoms with E-state index in [1.54, 1.807) is 6.07 Å². The Balaban J connectivity index is 2.09. The molecule has 1 aliphatic heterocycles. The van der Waals surface area contributed by atoms with Crippen molar-refractivity contribution in [1.29, 1.82) is 0 Å². The van der Waals surface area contributed by atoms with E-state index >= 15 is 0 Å². The SMILES string of the molecule is O=C1CCC[C@H](C(=O)Nc2cccc(Cl)c2OCC(F)F)N1. The summed E-state index contributed by atoms with van der Waals surface area (Å²) in [6, 6.07) is 3.88. The molecule has 1 heterocycles. The number of hydrogen-bond acceptors (Lipinski definition) is 3. The number of alkyl halides is 2. The first-order valence-electron chi connectivity index (χ1n) is 6.77. The van der Waals surface area contributed by atoms with Gasteiger partial charge in [0.25, 0.3) is 6.43 Å². The van der Waals surface area contributed by atoms with Crippen molar-refractivity contribution in [2.24, 2.45) is 0 Å². The molecule has 1 aliphatic rings. The summed E-state index contributed by atoms with van der Waals surface area (Å²) < 4.78 is 29.5. The van der Waals surface area contributed by atoms with Gasteiger partial charge in [-0.25, -0.2) is 8.78 Å². The quantitative estimate of drug-likeness (QED) is 0.871. The number of nitrogens with one attached hydrogen (secondary N) is 2. The van der Waals surface area contributed by atoms with Crippen molar-refractivity contribution in [3.05, 3.63) is 23.2 Å².